The maximum atomic E-state index is 10.5. The van der Waals surface area contributed by atoms with Gasteiger partial charge in [0.25, 0.3) is 0 Å². The molecule has 1 fully saturated rings. The minimum atomic E-state index is -1.01. The minimum Gasteiger partial charge on any atom is -0.465 e. The Morgan fingerprint density at radius 1 is 1.13 bits per heavy atom. The van der Waals surface area contributed by atoms with Crippen molar-refractivity contribution in [1.29, 1.82) is 0 Å². The van der Waals surface area contributed by atoms with Gasteiger partial charge in [0.1, 0.15) is 5.65 Å². The van der Waals surface area contributed by atoms with Gasteiger partial charge in [-0.2, -0.15) is 10.1 Å². The Balaban J connectivity index is 0.000000520. The van der Waals surface area contributed by atoms with Crippen molar-refractivity contribution in [2.24, 2.45) is 7.05 Å². The maximum Gasteiger partial charge on any atom is 0.404 e. The molecule has 3 heterocycles. The quantitative estimate of drug-likeness (QED) is 0.401. The van der Waals surface area contributed by atoms with E-state index in [-0.39, 0.29) is 0 Å². The predicted molar refractivity (Wildman–Crippen MR) is 121 cm³/mol. The summed E-state index contributed by atoms with van der Waals surface area (Å²) in [5.41, 5.74) is 2.75. The van der Waals surface area contributed by atoms with Crippen LogP contribution < -0.4 is 10.6 Å². The molecule has 3 aromatic heterocycles. The van der Waals surface area contributed by atoms with Crippen LogP contribution in [0.25, 0.3) is 21.9 Å². The summed E-state index contributed by atoms with van der Waals surface area (Å²) in [6.07, 6.45) is 11.2. The summed E-state index contributed by atoms with van der Waals surface area (Å²) in [6, 6.07) is 7.92. The molecule has 0 radical (unpaired) electrons. The summed E-state index contributed by atoms with van der Waals surface area (Å²) < 4.78 is 3.82. The number of amides is 1. The lowest BCUT2D eigenvalue weighted by Gasteiger charge is -2.08. The summed E-state index contributed by atoms with van der Waals surface area (Å²) >= 11 is 0. The third-order valence-corrected chi connectivity index (χ3v) is 5.36. The first-order valence-corrected chi connectivity index (χ1v) is 10.6. The molecule has 0 atom stereocenters. The highest BCUT2D eigenvalue weighted by atomic mass is 16.4. The monoisotopic (exact) mass is 421 g/mol. The first-order chi connectivity index (χ1) is 15.1. The van der Waals surface area contributed by atoms with Crippen molar-refractivity contribution in [3.05, 3.63) is 42.9 Å². The van der Waals surface area contributed by atoms with Gasteiger partial charge in [0.05, 0.1) is 11.7 Å². The van der Waals surface area contributed by atoms with Crippen LogP contribution in [0, 0.1) is 0 Å². The molecule has 1 aliphatic rings. The van der Waals surface area contributed by atoms with Gasteiger partial charge in [-0.25, -0.2) is 9.78 Å². The molecule has 0 aliphatic heterocycles. The van der Waals surface area contributed by atoms with E-state index < -0.39 is 6.09 Å². The Morgan fingerprint density at radius 3 is 2.68 bits per heavy atom. The number of anilines is 2. The van der Waals surface area contributed by atoms with E-state index in [1.165, 1.54) is 25.7 Å². The summed E-state index contributed by atoms with van der Waals surface area (Å²) in [4.78, 5) is 19.5. The predicted octanol–water partition coefficient (Wildman–Crippen LogP) is 4.28. The molecule has 0 spiro atoms. The van der Waals surface area contributed by atoms with Gasteiger partial charge in [0, 0.05) is 49.0 Å². The van der Waals surface area contributed by atoms with Gasteiger partial charge in [-0.15, -0.1) is 0 Å². The molecule has 0 saturated heterocycles. The zero-order valence-electron chi connectivity index (χ0n) is 17.6. The van der Waals surface area contributed by atoms with Gasteiger partial charge >= 0.3 is 6.09 Å². The average Bonchev–Trinajstić information content (AvgIpc) is 3.27. The second kappa shape index (κ2) is 9.46. The van der Waals surface area contributed by atoms with E-state index in [1.807, 2.05) is 53.0 Å². The number of rotatable bonds is 6. The van der Waals surface area contributed by atoms with Gasteiger partial charge in [-0.1, -0.05) is 25.7 Å². The number of nitrogens with zero attached hydrogens (tertiary/aromatic N) is 5. The number of nitrogens with one attached hydrogen (secondary N) is 2. The number of carbonyl (C=O) groups is 1. The van der Waals surface area contributed by atoms with E-state index in [4.69, 9.17) is 5.11 Å². The van der Waals surface area contributed by atoms with Crippen LogP contribution in [-0.4, -0.2) is 42.1 Å². The van der Waals surface area contributed by atoms with E-state index in [1.54, 1.807) is 6.20 Å². The lowest BCUT2D eigenvalue weighted by molar-refractivity contribution is 0.194. The number of fused-ring (bicyclic) bond motifs is 2. The fraction of sp³-hybridized carbons (Fsp3) is 0.364. The van der Waals surface area contributed by atoms with Gasteiger partial charge in [0.2, 0.25) is 5.95 Å². The number of benzene rings is 1. The van der Waals surface area contributed by atoms with Crippen molar-refractivity contribution < 1.29 is 9.90 Å². The topological polar surface area (TPSA) is 110 Å². The van der Waals surface area contributed by atoms with Crippen molar-refractivity contribution in [3.8, 4) is 0 Å². The highest BCUT2D eigenvalue weighted by molar-refractivity contribution is 5.83. The molecule has 162 valence electrons. The van der Waals surface area contributed by atoms with Crippen molar-refractivity contribution in [2.45, 2.75) is 38.6 Å². The molecule has 1 aromatic carbocycles. The minimum absolute atomic E-state index is 0.399. The molecule has 5 rings (SSSR count). The zero-order valence-corrected chi connectivity index (χ0v) is 17.6. The number of aromatic nitrogens is 5. The molecule has 9 nitrogen and oxygen atoms in total. The van der Waals surface area contributed by atoms with Crippen LogP contribution in [0.4, 0.5) is 16.4 Å². The van der Waals surface area contributed by atoms with E-state index in [0.29, 0.717) is 25.5 Å². The molecule has 1 saturated carbocycles. The van der Waals surface area contributed by atoms with E-state index >= 15 is 0 Å². The zero-order chi connectivity index (χ0) is 21.6. The van der Waals surface area contributed by atoms with Crippen molar-refractivity contribution in [1.82, 2.24) is 29.6 Å². The molecular weight excluding hydrogens is 394 g/mol. The van der Waals surface area contributed by atoms with Crippen molar-refractivity contribution in [3.63, 3.8) is 0 Å². The Morgan fingerprint density at radius 2 is 1.94 bits per heavy atom. The molecule has 9 heteroatoms. The Labute approximate surface area is 180 Å². The number of hydrogen-bond donors (Lipinski definition) is 3. The largest absolute Gasteiger partial charge is 0.465 e. The third kappa shape index (κ3) is 5.11. The SMILES string of the molecule is C1CCC1.Cn1ncc2cc(Nc3ncc4ccn(CCCNC(=O)O)c4n3)ccc21. The van der Waals surface area contributed by atoms with E-state index in [9.17, 15) is 4.79 Å². The summed E-state index contributed by atoms with van der Waals surface area (Å²) in [7, 11) is 1.91. The van der Waals surface area contributed by atoms with Gasteiger partial charge in [-0.05, 0) is 30.7 Å². The maximum absolute atomic E-state index is 10.5. The van der Waals surface area contributed by atoms with Crippen LogP contribution in [0.5, 0.6) is 0 Å². The summed E-state index contributed by atoms with van der Waals surface area (Å²) in [6.45, 7) is 1.07. The van der Waals surface area contributed by atoms with Crippen molar-refractivity contribution in [2.75, 3.05) is 11.9 Å². The normalized spacial score (nSPS) is 12.8. The number of aryl methyl sites for hydroxylation is 2. The second-order valence-corrected chi connectivity index (χ2v) is 7.65. The van der Waals surface area contributed by atoms with Crippen LogP contribution >= 0.6 is 0 Å². The lowest BCUT2D eigenvalue weighted by atomic mass is 10.0. The molecule has 0 bridgehead atoms. The fourth-order valence-electron chi connectivity index (χ4n) is 3.28. The standard InChI is InChI=1S/C18H19N7O2.C4H8/c1-24-15-4-3-14(9-13(15)11-21-24)22-17-20-10-12-5-8-25(16(12)23-17)7-2-6-19-18(26)27;1-2-4-3-1/h3-5,8-11,19H,2,6-7H2,1H3,(H,26,27)(H,20,22,23);1-4H2. The van der Waals surface area contributed by atoms with E-state index in [0.717, 1.165) is 27.6 Å². The van der Waals surface area contributed by atoms with Crippen LogP contribution in [0.15, 0.2) is 42.9 Å². The molecule has 1 aliphatic carbocycles. The van der Waals surface area contributed by atoms with Crippen LogP contribution in [0.2, 0.25) is 0 Å². The molecule has 31 heavy (non-hydrogen) atoms. The van der Waals surface area contributed by atoms with Crippen LogP contribution in [0.1, 0.15) is 32.1 Å². The van der Waals surface area contributed by atoms with Crippen LogP contribution in [0.3, 0.4) is 0 Å². The molecule has 3 N–H and O–H groups in total. The molecule has 0 unspecified atom stereocenters. The summed E-state index contributed by atoms with van der Waals surface area (Å²) in [5, 5.41) is 20.5. The van der Waals surface area contributed by atoms with Gasteiger partial charge in [0.15, 0.2) is 0 Å². The van der Waals surface area contributed by atoms with Gasteiger partial charge in [-0.3, -0.25) is 4.68 Å². The smallest absolute Gasteiger partial charge is 0.404 e. The Hall–Kier alpha value is -3.62. The first-order valence-electron chi connectivity index (χ1n) is 10.6. The Bertz CT molecular complexity index is 1170. The second-order valence-electron chi connectivity index (χ2n) is 7.65. The highest BCUT2D eigenvalue weighted by Gasteiger charge is 2.07. The van der Waals surface area contributed by atoms with Gasteiger partial charge < -0.3 is 20.3 Å². The summed E-state index contributed by atoms with van der Waals surface area (Å²) in [5.74, 6) is 0.509. The molecule has 1 amide bonds. The van der Waals surface area contributed by atoms with Crippen LogP contribution in [-0.2, 0) is 13.6 Å². The molecule has 4 aromatic rings. The number of carboxylic acid groups (broad SMARTS) is 1. The highest BCUT2D eigenvalue weighted by Crippen LogP contribution is 2.22. The third-order valence-electron chi connectivity index (χ3n) is 5.36. The average molecular weight is 422 g/mol. The number of hydrogen-bond acceptors (Lipinski definition) is 5. The first kappa shape index (κ1) is 20.6. The lowest BCUT2D eigenvalue weighted by Crippen LogP contribution is -2.22. The Kier molecular flexibility index (Phi) is 6.30. The fourth-order valence-corrected chi connectivity index (χ4v) is 3.28. The van der Waals surface area contributed by atoms with Crippen molar-refractivity contribution >= 4 is 39.7 Å². The molecular formula is C22H27N7O2. The van der Waals surface area contributed by atoms with E-state index in [2.05, 4.69) is 25.7 Å².